The summed E-state index contributed by atoms with van der Waals surface area (Å²) in [4.78, 5) is 12.5. The highest BCUT2D eigenvalue weighted by Gasteiger charge is 2.39. The van der Waals surface area contributed by atoms with E-state index in [1.807, 2.05) is 0 Å². The molecule has 0 unspecified atom stereocenters. The fourth-order valence-electron chi connectivity index (χ4n) is 2.71. The van der Waals surface area contributed by atoms with Gasteiger partial charge >= 0.3 is 0 Å². The number of halogens is 1. The van der Waals surface area contributed by atoms with Gasteiger partial charge in [0.25, 0.3) is 0 Å². The lowest BCUT2D eigenvalue weighted by atomic mass is 9.81. The molecular formula is C16H19FN2O. The molecule has 3 nitrogen and oxygen atoms in total. The van der Waals surface area contributed by atoms with Crippen LogP contribution in [0.4, 0.5) is 10.1 Å². The van der Waals surface area contributed by atoms with Crippen molar-refractivity contribution in [2.24, 2.45) is 5.41 Å². The van der Waals surface area contributed by atoms with E-state index in [2.05, 4.69) is 11.4 Å². The Labute approximate surface area is 118 Å². The normalized spacial score (nSPS) is 17.9. The van der Waals surface area contributed by atoms with Crippen molar-refractivity contribution < 1.29 is 9.18 Å². The number of carbonyl (C=O) groups is 1. The van der Waals surface area contributed by atoms with Gasteiger partial charge in [-0.05, 0) is 31.9 Å². The molecule has 0 radical (unpaired) electrons. The molecule has 2 rings (SSSR count). The first-order valence-electron chi connectivity index (χ1n) is 7.07. The highest BCUT2D eigenvalue weighted by Crippen LogP contribution is 2.36. The Morgan fingerprint density at radius 1 is 1.30 bits per heavy atom. The number of nitrogens with zero attached hydrogens (tertiary/aromatic N) is 1. The minimum Gasteiger partial charge on any atom is -0.324 e. The average molecular weight is 274 g/mol. The van der Waals surface area contributed by atoms with Gasteiger partial charge in [-0.15, -0.1) is 0 Å². The van der Waals surface area contributed by atoms with Gasteiger partial charge in [-0.3, -0.25) is 4.79 Å². The number of nitrogens with one attached hydrogen (secondary N) is 1. The van der Waals surface area contributed by atoms with Gasteiger partial charge in [0.2, 0.25) is 5.91 Å². The molecule has 0 spiro atoms. The van der Waals surface area contributed by atoms with Gasteiger partial charge in [-0.25, -0.2) is 4.39 Å². The van der Waals surface area contributed by atoms with E-state index in [9.17, 15) is 14.4 Å². The number of benzene rings is 1. The molecule has 1 saturated carbocycles. The first kappa shape index (κ1) is 14.5. The molecule has 0 bridgehead atoms. The summed E-state index contributed by atoms with van der Waals surface area (Å²) in [5.41, 5.74) is -0.105. The van der Waals surface area contributed by atoms with Gasteiger partial charge in [-0.1, -0.05) is 31.7 Å². The SMILES string of the molecule is Cc1c(F)cccc1NC(=O)C1(C#N)CCCCCC1. The summed E-state index contributed by atoms with van der Waals surface area (Å²) in [5, 5.41) is 12.2. The Hall–Kier alpha value is -1.89. The molecule has 0 atom stereocenters. The van der Waals surface area contributed by atoms with E-state index in [0.29, 0.717) is 24.1 Å². The largest absolute Gasteiger partial charge is 0.324 e. The van der Waals surface area contributed by atoms with Crippen LogP contribution in [0.15, 0.2) is 18.2 Å². The summed E-state index contributed by atoms with van der Waals surface area (Å²) in [5.74, 6) is -0.648. The number of nitriles is 1. The van der Waals surface area contributed by atoms with E-state index >= 15 is 0 Å². The standard InChI is InChI=1S/C16H19FN2O/c1-12-13(17)7-6-8-14(12)19-15(20)16(11-18)9-4-2-3-5-10-16/h6-8H,2-5,9-10H2,1H3,(H,19,20). The van der Waals surface area contributed by atoms with Crippen LogP contribution in [0.2, 0.25) is 0 Å². The van der Waals surface area contributed by atoms with Crippen LogP contribution in [0.5, 0.6) is 0 Å². The van der Waals surface area contributed by atoms with E-state index in [4.69, 9.17) is 0 Å². The predicted molar refractivity (Wildman–Crippen MR) is 75.5 cm³/mol. The van der Waals surface area contributed by atoms with Gasteiger partial charge in [0.15, 0.2) is 0 Å². The highest BCUT2D eigenvalue weighted by atomic mass is 19.1. The molecule has 1 amide bonds. The predicted octanol–water partition coefficient (Wildman–Crippen LogP) is 3.94. The molecule has 106 valence electrons. The van der Waals surface area contributed by atoms with Gasteiger partial charge in [0, 0.05) is 11.3 Å². The minimum absolute atomic E-state index is 0.296. The zero-order valence-corrected chi connectivity index (χ0v) is 11.7. The second-order valence-corrected chi connectivity index (χ2v) is 5.47. The van der Waals surface area contributed by atoms with Crippen LogP contribution in [-0.4, -0.2) is 5.91 Å². The average Bonchev–Trinajstić information content (AvgIpc) is 2.70. The van der Waals surface area contributed by atoms with Crippen LogP contribution in [-0.2, 0) is 4.79 Å². The topological polar surface area (TPSA) is 52.9 Å². The van der Waals surface area contributed by atoms with Gasteiger partial charge < -0.3 is 5.32 Å². The number of rotatable bonds is 2. The zero-order valence-electron chi connectivity index (χ0n) is 11.7. The first-order chi connectivity index (χ1) is 9.59. The minimum atomic E-state index is -0.963. The van der Waals surface area contributed by atoms with E-state index in [1.54, 1.807) is 19.1 Å². The molecular weight excluding hydrogens is 255 g/mol. The summed E-state index contributed by atoms with van der Waals surface area (Å²) >= 11 is 0. The number of carbonyl (C=O) groups excluding carboxylic acids is 1. The number of hydrogen-bond donors (Lipinski definition) is 1. The van der Waals surface area contributed by atoms with Gasteiger partial charge in [0.1, 0.15) is 11.2 Å². The second-order valence-electron chi connectivity index (χ2n) is 5.47. The summed E-state index contributed by atoms with van der Waals surface area (Å²) in [7, 11) is 0. The van der Waals surface area contributed by atoms with E-state index < -0.39 is 5.41 Å². The molecule has 4 heteroatoms. The fraction of sp³-hybridized carbons (Fsp3) is 0.500. The summed E-state index contributed by atoms with van der Waals surface area (Å²) in [6, 6.07) is 6.79. The Kier molecular flexibility index (Phi) is 4.39. The van der Waals surface area contributed by atoms with Crippen LogP contribution < -0.4 is 5.32 Å². The Balaban J connectivity index is 2.21. The lowest BCUT2D eigenvalue weighted by molar-refractivity contribution is -0.123. The Morgan fingerprint density at radius 2 is 1.95 bits per heavy atom. The van der Waals surface area contributed by atoms with Crippen molar-refractivity contribution in [2.45, 2.75) is 45.4 Å². The molecule has 1 aliphatic carbocycles. The van der Waals surface area contributed by atoms with Crippen molar-refractivity contribution in [3.8, 4) is 6.07 Å². The number of anilines is 1. The van der Waals surface area contributed by atoms with Crippen molar-refractivity contribution in [2.75, 3.05) is 5.32 Å². The Bertz CT molecular complexity index is 540. The van der Waals surface area contributed by atoms with Crippen LogP contribution in [0, 0.1) is 29.5 Å². The maximum atomic E-state index is 13.5. The van der Waals surface area contributed by atoms with E-state index in [0.717, 1.165) is 25.7 Å². The molecule has 1 N–H and O–H groups in total. The quantitative estimate of drug-likeness (QED) is 0.830. The fourth-order valence-corrected chi connectivity index (χ4v) is 2.71. The van der Waals surface area contributed by atoms with Crippen molar-refractivity contribution in [3.05, 3.63) is 29.6 Å². The van der Waals surface area contributed by atoms with E-state index in [-0.39, 0.29) is 11.7 Å². The monoisotopic (exact) mass is 274 g/mol. The number of amides is 1. The maximum absolute atomic E-state index is 13.5. The van der Waals surface area contributed by atoms with Crippen molar-refractivity contribution in [1.29, 1.82) is 5.26 Å². The zero-order chi connectivity index (χ0) is 14.6. The third-order valence-electron chi connectivity index (χ3n) is 4.12. The Morgan fingerprint density at radius 3 is 2.55 bits per heavy atom. The summed E-state index contributed by atoms with van der Waals surface area (Å²) < 4.78 is 13.5. The van der Waals surface area contributed by atoms with Crippen molar-refractivity contribution >= 4 is 11.6 Å². The molecule has 20 heavy (non-hydrogen) atoms. The van der Waals surface area contributed by atoms with Crippen LogP contribution in [0.3, 0.4) is 0 Å². The molecule has 0 saturated heterocycles. The van der Waals surface area contributed by atoms with Crippen molar-refractivity contribution in [1.82, 2.24) is 0 Å². The molecule has 1 aromatic rings. The van der Waals surface area contributed by atoms with E-state index in [1.165, 1.54) is 6.07 Å². The molecule has 0 heterocycles. The van der Waals surface area contributed by atoms with Gasteiger partial charge in [-0.2, -0.15) is 5.26 Å². The lowest BCUT2D eigenvalue weighted by Gasteiger charge is -2.24. The smallest absolute Gasteiger partial charge is 0.244 e. The van der Waals surface area contributed by atoms with Gasteiger partial charge in [0.05, 0.1) is 6.07 Å². The second kappa shape index (κ2) is 6.04. The van der Waals surface area contributed by atoms with Crippen LogP contribution >= 0.6 is 0 Å². The molecule has 1 aromatic carbocycles. The molecule has 1 fully saturated rings. The van der Waals surface area contributed by atoms with Crippen molar-refractivity contribution in [3.63, 3.8) is 0 Å². The maximum Gasteiger partial charge on any atom is 0.244 e. The third kappa shape index (κ3) is 2.82. The van der Waals surface area contributed by atoms with Crippen LogP contribution in [0.1, 0.15) is 44.1 Å². The van der Waals surface area contributed by atoms with Crippen LogP contribution in [0.25, 0.3) is 0 Å². The summed E-state index contributed by atoms with van der Waals surface area (Å²) in [6.45, 7) is 1.62. The molecule has 0 aromatic heterocycles. The third-order valence-corrected chi connectivity index (χ3v) is 4.12. The lowest BCUT2D eigenvalue weighted by Crippen LogP contribution is -2.34. The molecule has 1 aliphatic rings. The molecule has 0 aliphatic heterocycles. The number of hydrogen-bond acceptors (Lipinski definition) is 2. The summed E-state index contributed by atoms with van der Waals surface area (Å²) in [6.07, 6.45) is 5.09. The highest BCUT2D eigenvalue weighted by molar-refractivity contribution is 5.97. The first-order valence-corrected chi connectivity index (χ1v) is 7.07.